The molecular weight excluding hydrogens is 398 g/mol. The molecule has 0 spiro atoms. The largest absolute Gasteiger partial charge is 0.465 e. The predicted octanol–water partition coefficient (Wildman–Crippen LogP) is 3.75. The normalized spacial score (nSPS) is 13.8. The highest BCUT2D eigenvalue weighted by atomic mass is 32.2. The van der Waals surface area contributed by atoms with Crippen LogP contribution in [0.25, 0.3) is 0 Å². The number of carbonyl (C=O) groups is 3. The van der Waals surface area contributed by atoms with Gasteiger partial charge in [-0.15, -0.1) is 23.5 Å². The zero-order valence-electron chi connectivity index (χ0n) is 15.2. The van der Waals surface area contributed by atoms with E-state index in [1.165, 1.54) is 24.8 Å². The highest BCUT2D eigenvalue weighted by Gasteiger charge is 2.19. The molecule has 2 aromatic rings. The first-order chi connectivity index (χ1) is 13.6. The number of nitrogens with one attached hydrogen (secondary N) is 1. The van der Waals surface area contributed by atoms with Gasteiger partial charge >= 0.3 is 11.9 Å². The van der Waals surface area contributed by atoms with Crippen LogP contribution in [0, 0.1) is 0 Å². The number of hydrogen-bond acceptors (Lipinski definition) is 7. The molecule has 0 radical (unpaired) electrons. The van der Waals surface area contributed by atoms with Gasteiger partial charge in [0.1, 0.15) is 0 Å². The average molecular weight is 418 g/mol. The third-order valence-corrected chi connectivity index (χ3v) is 7.07. The molecule has 1 saturated heterocycles. The third-order valence-electron chi connectivity index (χ3n) is 3.96. The molecular formula is C20H19NO5S2. The van der Waals surface area contributed by atoms with Crippen molar-refractivity contribution >= 4 is 47.1 Å². The molecule has 1 N–H and O–H groups in total. The molecule has 1 heterocycles. The molecule has 1 fully saturated rings. The van der Waals surface area contributed by atoms with Gasteiger partial charge in [0.2, 0.25) is 0 Å². The number of carbonyl (C=O) groups excluding carboxylic acids is 3. The molecule has 0 aliphatic carbocycles. The van der Waals surface area contributed by atoms with Crippen molar-refractivity contribution in [2.45, 2.75) is 4.58 Å². The van der Waals surface area contributed by atoms with Crippen molar-refractivity contribution in [1.29, 1.82) is 0 Å². The van der Waals surface area contributed by atoms with Crippen molar-refractivity contribution in [3.05, 3.63) is 65.2 Å². The maximum absolute atomic E-state index is 12.1. The topological polar surface area (TPSA) is 81.7 Å². The highest BCUT2D eigenvalue weighted by Crippen LogP contribution is 2.45. The second-order valence-electron chi connectivity index (χ2n) is 5.89. The Morgan fingerprint density at radius 1 is 0.929 bits per heavy atom. The zero-order chi connectivity index (χ0) is 19.9. The molecule has 0 aromatic heterocycles. The van der Waals surface area contributed by atoms with E-state index < -0.39 is 24.5 Å². The van der Waals surface area contributed by atoms with Crippen LogP contribution >= 0.6 is 23.5 Å². The van der Waals surface area contributed by atoms with Crippen LogP contribution in [0.4, 0.5) is 5.69 Å². The number of rotatable bonds is 6. The summed E-state index contributed by atoms with van der Waals surface area (Å²) in [6, 6.07) is 13.5. The van der Waals surface area contributed by atoms with E-state index in [4.69, 9.17) is 4.74 Å². The van der Waals surface area contributed by atoms with E-state index in [-0.39, 0.29) is 0 Å². The van der Waals surface area contributed by atoms with E-state index in [2.05, 4.69) is 10.1 Å². The maximum Gasteiger partial charge on any atom is 0.338 e. The number of amides is 1. The number of anilines is 1. The van der Waals surface area contributed by atoms with Gasteiger partial charge in [-0.3, -0.25) is 4.79 Å². The lowest BCUT2D eigenvalue weighted by molar-refractivity contribution is -0.119. The van der Waals surface area contributed by atoms with E-state index in [0.717, 1.165) is 11.5 Å². The van der Waals surface area contributed by atoms with Gasteiger partial charge in [-0.05, 0) is 42.0 Å². The molecule has 1 aliphatic rings. The summed E-state index contributed by atoms with van der Waals surface area (Å²) >= 11 is 3.79. The number of thioether (sulfide) groups is 2. The number of benzene rings is 2. The molecule has 0 bridgehead atoms. The lowest BCUT2D eigenvalue weighted by Gasteiger charge is -2.10. The second kappa shape index (κ2) is 9.66. The van der Waals surface area contributed by atoms with Crippen LogP contribution in [0.5, 0.6) is 0 Å². The van der Waals surface area contributed by atoms with Crippen LogP contribution in [0.3, 0.4) is 0 Å². The van der Waals surface area contributed by atoms with Crippen molar-refractivity contribution < 1.29 is 23.9 Å². The Kier molecular flexibility index (Phi) is 7.00. The fourth-order valence-electron chi connectivity index (χ4n) is 2.55. The minimum atomic E-state index is -0.547. The highest BCUT2D eigenvalue weighted by molar-refractivity contribution is 8.19. The lowest BCUT2D eigenvalue weighted by atomic mass is 10.1. The molecule has 1 aliphatic heterocycles. The summed E-state index contributed by atoms with van der Waals surface area (Å²) in [5.74, 6) is 0.811. The van der Waals surface area contributed by atoms with Crippen LogP contribution in [0.15, 0.2) is 48.5 Å². The summed E-state index contributed by atoms with van der Waals surface area (Å²) in [5.41, 5.74) is 2.46. The van der Waals surface area contributed by atoms with E-state index in [9.17, 15) is 14.4 Å². The van der Waals surface area contributed by atoms with Gasteiger partial charge in [0.15, 0.2) is 6.61 Å². The SMILES string of the molecule is COC(=O)c1ccc(NC(=O)COC(=O)c2ccc(C3SCCS3)cc2)cc1. The van der Waals surface area contributed by atoms with Crippen LogP contribution in [-0.4, -0.2) is 43.1 Å². The minimum absolute atomic E-state index is 0.379. The molecule has 28 heavy (non-hydrogen) atoms. The molecule has 8 heteroatoms. The Balaban J connectivity index is 1.48. The van der Waals surface area contributed by atoms with Gasteiger partial charge < -0.3 is 14.8 Å². The summed E-state index contributed by atoms with van der Waals surface area (Å²) in [6.07, 6.45) is 0. The van der Waals surface area contributed by atoms with Crippen molar-refractivity contribution in [1.82, 2.24) is 0 Å². The molecule has 146 valence electrons. The summed E-state index contributed by atoms with van der Waals surface area (Å²) in [7, 11) is 1.30. The van der Waals surface area contributed by atoms with Gasteiger partial charge in [-0.25, -0.2) is 9.59 Å². The van der Waals surface area contributed by atoms with Crippen molar-refractivity contribution in [2.75, 3.05) is 30.5 Å². The van der Waals surface area contributed by atoms with Crippen LogP contribution < -0.4 is 5.32 Å². The van der Waals surface area contributed by atoms with Gasteiger partial charge in [0, 0.05) is 17.2 Å². The molecule has 0 atom stereocenters. The van der Waals surface area contributed by atoms with Gasteiger partial charge in [0.25, 0.3) is 5.91 Å². The first-order valence-electron chi connectivity index (χ1n) is 8.55. The molecule has 3 rings (SSSR count). The smallest absolute Gasteiger partial charge is 0.338 e. The van der Waals surface area contributed by atoms with Crippen molar-refractivity contribution in [3.8, 4) is 0 Å². The predicted molar refractivity (Wildman–Crippen MR) is 111 cm³/mol. The average Bonchev–Trinajstić information content (AvgIpc) is 3.27. The Bertz CT molecular complexity index is 846. The monoisotopic (exact) mass is 417 g/mol. The summed E-state index contributed by atoms with van der Waals surface area (Å²) < 4.78 is 10.1. The lowest BCUT2D eigenvalue weighted by Crippen LogP contribution is -2.21. The second-order valence-corrected chi connectivity index (χ2v) is 8.61. The Hall–Kier alpha value is -2.45. The zero-order valence-corrected chi connectivity index (χ0v) is 16.8. The number of methoxy groups -OCH3 is 1. The molecule has 0 unspecified atom stereocenters. The van der Waals surface area contributed by atoms with Crippen molar-refractivity contribution in [3.63, 3.8) is 0 Å². The van der Waals surface area contributed by atoms with Crippen LogP contribution in [0.2, 0.25) is 0 Å². The van der Waals surface area contributed by atoms with Crippen LogP contribution in [-0.2, 0) is 14.3 Å². The van der Waals surface area contributed by atoms with Crippen LogP contribution in [0.1, 0.15) is 30.9 Å². The quantitative estimate of drug-likeness (QED) is 0.717. The Labute approximate surface area is 171 Å². The van der Waals surface area contributed by atoms with E-state index in [0.29, 0.717) is 21.4 Å². The first-order valence-corrected chi connectivity index (χ1v) is 10.6. The molecule has 2 aromatic carbocycles. The summed E-state index contributed by atoms with van der Waals surface area (Å²) in [5, 5.41) is 2.61. The molecule has 0 saturated carbocycles. The Morgan fingerprint density at radius 2 is 1.50 bits per heavy atom. The van der Waals surface area contributed by atoms with E-state index in [1.54, 1.807) is 24.3 Å². The van der Waals surface area contributed by atoms with E-state index >= 15 is 0 Å². The van der Waals surface area contributed by atoms with Gasteiger partial charge in [-0.1, -0.05) is 12.1 Å². The van der Waals surface area contributed by atoms with Crippen molar-refractivity contribution in [2.24, 2.45) is 0 Å². The fraction of sp³-hybridized carbons (Fsp3) is 0.250. The van der Waals surface area contributed by atoms with E-state index in [1.807, 2.05) is 35.7 Å². The third kappa shape index (κ3) is 5.30. The van der Waals surface area contributed by atoms with Gasteiger partial charge in [-0.2, -0.15) is 0 Å². The fourth-order valence-corrected chi connectivity index (χ4v) is 5.41. The summed E-state index contributed by atoms with van der Waals surface area (Å²) in [6.45, 7) is -0.395. The molecule has 1 amide bonds. The minimum Gasteiger partial charge on any atom is -0.465 e. The standard InChI is InChI=1S/C20H19NO5S2/c1-25-18(23)13-6-8-16(9-7-13)21-17(22)12-26-19(24)14-2-4-15(5-3-14)20-27-10-11-28-20/h2-9,20H,10-12H2,1H3,(H,21,22). The van der Waals surface area contributed by atoms with Gasteiger partial charge in [0.05, 0.1) is 22.8 Å². The molecule has 6 nitrogen and oxygen atoms in total. The maximum atomic E-state index is 12.1. The Morgan fingerprint density at radius 3 is 2.11 bits per heavy atom. The number of ether oxygens (including phenoxy) is 2. The number of esters is 2. The number of hydrogen-bond donors (Lipinski definition) is 1. The first kappa shape index (κ1) is 20.3. The summed E-state index contributed by atoms with van der Waals surface area (Å²) in [4.78, 5) is 35.5.